The molecule has 0 unspecified atom stereocenters. The third-order valence-electron chi connectivity index (χ3n) is 3.50. The van der Waals surface area contributed by atoms with Crippen LogP contribution in [-0.4, -0.2) is 58.1 Å². The van der Waals surface area contributed by atoms with E-state index in [0.717, 1.165) is 10.9 Å². The van der Waals surface area contributed by atoms with Gasteiger partial charge in [0.2, 0.25) is 0 Å². The van der Waals surface area contributed by atoms with Gasteiger partial charge in [0.1, 0.15) is 15.7 Å². The van der Waals surface area contributed by atoms with E-state index in [4.69, 9.17) is 31.6 Å². The Balaban J connectivity index is 1.88. The molecule has 0 spiro atoms. The van der Waals surface area contributed by atoms with Gasteiger partial charge in [-0.15, -0.1) is 0 Å². The van der Waals surface area contributed by atoms with Crippen molar-refractivity contribution in [1.82, 2.24) is 4.90 Å². The van der Waals surface area contributed by atoms with Crippen LogP contribution in [0.5, 0.6) is 5.75 Å². The zero-order valence-electron chi connectivity index (χ0n) is 13.9. The van der Waals surface area contributed by atoms with Crippen molar-refractivity contribution in [3.63, 3.8) is 0 Å². The predicted molar refractivity (Wildman–Crippen MR) is 104 cm³/mol. The van der Waals surface area contributed by atoms with E-state index < -0.39 is 0 Å². The van der Waals surface area contributed by atoms with Crippen molar-refractivity contribution in [3.05, 3.63) is 40.2 Å². The Hall–Kier alpha value is -1.61. The molecule has 0 bridgehead atoms. The molecular weight excluding hydrogens is 362 g/mol. The van der Waals surface area contributed by atoms with Crippen LogP contribution in [0.15, 0.2) is 33.5 Å². The quantitative estimate of drug-likeness (QED) is 0.406. The van der Waals surface area contributed by atoms with Crippen LogP contribution in [0.1, 0.15) is 5.56 Å². The molecule has 2 aromatic rings. The smallest absolute Gasteiger partial charge is 0.336 e. The third kappa shape index (κ3) is 5.71. The van der Waals surface area contributed by atoms with Crippen molar-refractivity contribution in [2.24, 2.45) is 0 Å². The number of thioether (sulfide) groups is 1. The lowest BCUT2D eigenvalue weighted by Crippen LogP contribution is -2.33. The molecule has 6 nitrogen and oxygen atoms in total. The Kier molecular flexibility index (Phi) is 7.70. The highest BCUT2D eigenvalue weighted by atomic mass is 32.2. The molecule has 0 saturated heterocycles. The molecule has 0 aliphatic rings. The number of rotatable bonds is 8. The van der Waals surface area contributed by atoms with Gasteiger partial charge in [0, 0.05) is 36.4 Å². The summed E-state index contributed by atoms with van der Waals surface area (Å²) in [6.07, 6.45) is 0. The van der Waals surface area contributed by atoms with Crippen LogP contribution in [0, 0.1) is 6.92 Å². The number of ether oxygens (including phenoxy) is 1. The predicted octanol–water partition coefficient (Wildman–Crippen LogP) is 1.78. The first-order valence-electron chi connectivity index (χ1n) is 7.86. The fourth-order valence-corrected chi connectivity index (χ4v) is 3.45. The first-order chi connectivity index (χ1) is 12.0. The summed E-state index contributed by atoms with van der Waals surface area (Å²) >= 11 is 6.72. The summed E-state index contributed by atoms with van der Waals surface area (Å²) in [5.41, 5.74) is 0.991. The highest BCUT2D eigenvalue weighted by Crippen LogP contribution is 2.22. The first-order valence-corrected chi connectivity index (χ1v) is 9.25. The van der Waals surface area contributed by atoms with Crippen LogP contribution in [-0.2, 0) is 0 Å². The molecule has 0 fully saturated rings. The maximum Gasteiger partial charge on any atom is 0.336 e. The van der Waals surface area contributed by atoms with Crippen molar-refractivity contribution >= 4 is 39.3 Å². The van der Waals surface area contributed by atoms with E-state index in [1.165, 1.54) is 17.8 Å². The molecule has 1 heterocycles. The van der Waals surface area contributed by atoms with Gasteiger partial charge in [-0.1, -0.05) is 24.0 Å². The summed E-state index contributed by atoms with van der Waals surface area (Å²) in [5, 5.41) is 18.9. The topological polar surface area (TPSA) is 83.1 Å². The van der Waals surface area contributed by atoms with Gasteiger partial charge in [0.15, 0.2) is 0 Å². The lowest BCUT2D eigenvalue weighted by Gasteiger charge is -2.22. The van der Waals surface area contributed by atoms with Crippen LogP contribution in [0.25, 0.3) is 11.0 Å². The molecular formula is C17H21NO5S2. The average molecular weight is 383 g/mol. The molecule has 1 aromatic heterocycles. The molecule has 2 N–H and O–H groups in total. The Morgan fingerprint density at radius 2 is 2.00 bits per heavy atom. The zero-order chi connectivity index (χ0) is 18.2. The van der Waals surface area contributed by atoms with Crippen molar-refractivity contribution in [2.45, 2.75) is 6.92 Å². The van der Waals surface area contributed by atoms with E-state index in [0.29, 0.717) is 41.1 Å². The summed E-state index contributed by atoms with van der Waals surface area (Å²) in [4.78, 5) is 13.2. The number of benzene rings is 1. The third-order valence-corrected chi connectivity index (χ3v) is 4.99. The number of aliphatic hydroxyl groups is 2. The van der Waals surface area contributed by atoms with Crippen LogP contribution in [0.2, 0.25) is 0 Å². The molecule has 1 aromatic carbocycles. The fraction of sp³-hybridized carbons (Fsp3) is 0.412. The number of aryl methyl sites for hydroxylation is 1. The second kappa shape index (κ2) is 9.76. The molecule has 25 heavy (non-hydrogen) atoms. The van der Waals surface area contributed by atoms with Crippen LogP contribution < -0.4 is 10.4 Å². The Morgan fingerprint density at radius 3 is 2.68 bits per heavy atom. The maximum atomic E-state index is 11.5. The van der Waals surface area contributed by atoms with Gasteiger partial charge in [0.05, 0.1) is 19.8 Å². The largest absolute Gasteiger partial charge is 0.493 e. The Morgan fingerprint density at radius 1 is 1.28 bits per heavy atom. The van der Waals surface area contributed by atoms with E-state index in [9.17, 15) is 4.79 Å². The van der Waals surface area contributed by atoms with Gasteiger partial charge in [-0.3, -0.25) is 0 Å². The highest BCUT2D eigenvalue weighted by molar-refractivity contribution is 8.22. The molecule has 0 atom stereocenters. The monoisotopic (exact) mass is 383 g/mol. The summed E-state index contributed by atoms with van der Waals surface area (Å²) < 4.78 is 11.5. The molecule has 8 heteroatoms. The molecule has 2 rings (SSSR count). The number of aliphatic hydroxyl groups excluding tert-OH is 2. The lowest BCUT2D eigenvalue weighted by molar-refractivity contribution is 0.216. The zero-order valence-corrected chi connectivity index (χ0v) is 15.6. The molecule has 0 amide bonds. The lowest BCUT2D eigenvalue weighted by atomic mass is 10.1. The van der Waals surface area contributed by atoms with Gasteiger partial charge in [-0.2, -0.15) is 0 Å². The first kappa shape index (κ1) is 19.7. The van der Waals surface area contributed by atoms with E-state index in [2.05, 4.69) is 0 Å². The molecule has 0 saturated carbocycles. The van der Waals surface area contributed by atoms with Crippen molar-refractivity contribution < 1.29 is 19.4 Å². The van der Waals surface area contributed by atoms with Gasteiger partial charge < -0.3 is 24.3 Å². The SMILES string of the molecule is Cc1cc(=O)oc2cc(OCCSC(=S)N(CCO)CCO)ccc12. The summed E-state index contributed by atoms with van der Waals surface area (Å²) in [6.45, 7) is 3.06. The molecule has 136 valence electrons. The van der Waals surface area contributed by atoms with Crippen molar-refractivity contribution in [1.29, 1.82) is 0 Å². The van der Waals surface area contributed by atoms with Crippen LogP contribution in [0.3, 0.4) is 0 Å². The second-order valence-electron chi connectivity index (χ2n) is 5.30. The molecule has 0 aliphatic heterocycles. The number of thiocarbonyl (C=S) groups is 1. The Labute approximate surface area is 155 Å². The van der Waals surface area contributed by atoms with Gasteiger partial charge >= 0.3 is 5.63 Å². The van der Waals surface area contributed by atoms with E-state index in [-0.39, 0.29) is 18.8 Å². The Bertz CT molecular complexity index is 771. The van der Waals surface area contributed by atoms with Crippen molar-refractivity contribution in [3.8, 4) is 5.75 Å². The highest BCUT2D eigenvalue weighted by Gasteiger charge is 2.09. The van der Waals surface area contributed by atoms with Gasteiger partial charge in [-0.05, 0) is 24.6 Å². The number of hydrogen-bond acceptors (Lipinski definition) is 7. The van der Waals surface area contributed by atoms with E-state index in [1.54, 1.807) is 11.0 Å². The molecule has 0 radical (unpaired) electrons. The number of nitrogens with zero attached hydrogens (tertiary/aromatic N) is 1. The van der Waals surface area contributed by atoms with E-state index >= 15 is 0 Å². The van der Waals surface area contributed by atoms with E-state index in [1.807, 2.05) is 19.1 Å². The minimum Gasteiger partial charge on any atom is -0.493 e. The van der Waals surface area contributed by atoms with Crippen LogP contribution >= 0.6 is 24.0 Å². The van der Waals surface area contributed by atoms with Gasteiger partial charge in [-0.25, -0.2) is 4.79 Å². The second-order valence-corrected chi connectivity index (χ2v) is 7.03. The minimum atomic E-state index is -0.379. The molecule has 0 aliphatic carbocycles. The summed E-state index contributed by atoms with van der Waals surface area (Å²) in [5.74, 6) is 1.25. The fourth-order valence-electron chi connectivity index (χ4n) is 2.31. The summed E-state index contributed by atoms with van der Waals surface area (Å²) in [7, 11) is 0. The average Bonchev–Trinajstić information content (AvgIpc) is 2.58. The minimum absolute atomic E-state index is 0.0150. The van der Waals surface area contributed by atoms with Gasteiger partial charge in [0.25, 0.3) is 0 Å². The summed E-state index contributed by atoms with van der Waals surface area (Å²) in [6, 6.07) is 6.87. The van der Waals surface area contributed by atoms with Crippen molar-refractivity contribution in [2.75, 3.05) is 38.7 Å². The van der Waals surface area contributed by atoms with Crippen LogP contribution in [0.4, 0.5) is 0 Å². The normalized spacial score (nSPS) is 10.8. The number of hydrogen-bond donors (Lipinski definition) is 2. The maximum absolute atomic E-state index is 11.5. The standard InChI is InChI=1S/C17H21NO5S2/c1-12-10-16(21)23-15-11-13(2-3-14(12)15)22-8-9-25-17(24)18(4-6-19)5-7-20/h2-3,10-11,19-20H,4-9H2,1H3. The number of fused-ring (bicyclic) bond motifs is 1.